The van der Waals surface area contributed by atoms with Gasteiger partial charge in [0.15, 0.2) is 11.5 Å². The molecule has 0 bridgehead atoms. The number of carbonyl (C=O) groups excluding carboxylic acids is 1. The van der Waals surface area contributed by atoms with Crippen molar-refractivity contribution in [2.45, 2.75) is 13.8 Å². The van der Waals surface area contributed by atoms with E-state index in [0.29, 0.717) is 28.1 Å². The van der Waals surface area contributed by atoms with Crippen molar-refractivity contribution >= 4 is 33.9 Å². The number of nitrogens with one attached hydrogen (secondary N) is 1. The van der Waals surface area contributed by atoms with Gasteiger partial charge in [0.2, 0.25) is 5.91 Å². The standard InChI is InChI=1S/C16H18BrNO5/c1-9(2)8-23-15-12(17)5-11(7-14(15)22-4)6-13(16(20)21)18-10(3)19/h5-7H,1,8H2,2-4H3,(H,18,19)(H,20,21). The maximum absolute atomic E-state index is 11.2. The van der Waals surface area contributed by atoms with Crippen molar-refractivity contribution in [1.29, 1.82) is 0 Å². The quantitative estimate of drug-likeness (QED) is 0.558. The Morgan fingerprint density at radius 2 is 2.04 bits per heavy atom. The number of hydrogen-bond donors (Lipinski definition) is 2. The minimum absolute atomic E-state index is 0.234. The highest BCUT2D eigenvalue weighted by molar-refractivity contribution is 9.10. The van der Waals surface area contributed by atoms with Crippen molar-refractivity contribution < 1.29 is 24.2 Å². The molecule has 1 rings (SSSR count). The minimum atomic E-state index is -1.24. The van der Waals surface area contributed by atoms with Gasteiger partial charge in [0.25, 0.3) is 0 Å². The molecule has 7 heteroatoms. The zero-order chi connectivity index (χ0) is 17.6. The van der Waals surface area contributed by atoms with Crippen LogP contribution in [0.15, 0.2) is 34.5 Å². The van der Waals surface area contributed by atoms with E-state index < -0.39 is 11.9 Å². The molecular formula is C16H18BrNO5. The third-order valence-corrected chi connectivity index (χ3v) is 3.16. The first-order chi connectivity index (χ1) is 10.7. The zero-order valence-electron chi connectivity index (χ0n) is 13.1. The molecule has 2 N–H and O–H groups in total. The zero-order valence-corrected chi connectivity index (χ0v) is 14.7. The van der Waals surface area contributed by atoms with Gasteiger partial charge in [-0.25, -0.2) is 4.79 Å². The van der Waals surface area contributed by atoms with Crippen LogP contribution in [0.5, 0.6) is 11.5 Å². The lowest BCUT2D eigenvalue weighted by molar-refractivity contribution is -0.134. The summed E-state index contributed by atoms with van der Waals surface area (Å²) >= 11 is 3.37. The van der Waals surface area contributed by atoms with E-state index in [9.17, 15) is 9.59 Å². The summed E-state index contributed by atoms with van der Waals surface area (Å²) in [7, 11) is 1.48. The third kappa shape index (κ3) is 5.78. The van der Waals surface area contributed by atoms with Gasteiger partial charge >= 0.3 is 5.97 Å². The van der Waals surface area contributed by atoms with E-state index in [0.717, 1.165) is 5.57 Å². The Morgan fingerprint density at radius 1 is 1.39 bits per heavy atom. The van der Waals surface area contributed by atoms with Crippen LogP contribution in [0, 0.1) is 0 Å². The SMILES string of the molecule is C=C(C)COc1c(Br)cc(C=C(NC(C)=O)C(=O)O)cc1OC. The molecule has 1 aromatic rings. The largest absolute Gasteiger partial charge is 0.493 e. The maximum Gasteiger partial charge on any atom is 0.352 e. The van der Waals surface area contributed by atoms with E-state index in [-0.39, 0.29) is 5.70 Å². The average molecular weight is 384 g/mol. The van der Waals surface area contributed by atoms with E-state index in [1.807, 2.05) is 6.92 Å². The number of methoxy groups -OCH3 is 1. The van der Waals surface area contributed by atoms with Gasteiger partial charge in [0.05, 0.1) is 11.6 Å². The summed E-state index contributed by atoms with van der Waals surface area (Å²) in [5.41, 5.74) is 1.14. The second kappa shape index (κ2) is 8.38. The number of carbonyl (C=O) groups is 2. The number of benzene rings is 1. The number of amides is 1. The topological polar surface area (TPSA) is 84.9 Å². The van der Waals surface area contributed by atoms with Crippen molar-refractivity contribution in [2.75, 3.05) is 13.7 Å². The highest BCUT2D eigenvalue weighted by atomic mass is 79.9. The van der Waals surface area contributed by atoms with Crippen molar-refractivity contribution in [1.82, 2.24) is 5.32 Å². The second-order valence-electron chi connectivity index (χ2n) is 4.82. The highest BCUT2D eigenvalue weighted by Gasteiger charge is 2.14. The van der Waals surface area contributed by atoms with Gasteiger partial charge in [-0.15, -0.1) is 0 Å². The summed E-state index contributed by atoms with van der Waals surface area (Å²) in [6, 6.07) is 3.28. The fourth-order valence-electron chi connectivity index (χ4n) is 1.67. The molecule has 0 unspecified atom stereocenters. The Kier molecular flexibility index (Phi) is 6.84. The summed E-state index contributed by atoms with van der Waals surface area (Å²) < 4.78 is 11.5. The first kappa shape index (κ1) is 18.8. The summed E-state index contributed by atoms with van der Waals surface area (Å²) in [5.74, 6) is -0.785. The van der Waals surface area contributed by atoms with Gasteiger partial charge in [-0.2, -0.15) is 0 Å². The van der Waals surface area contributed by atoms with E-state index in [4.69, 9.17) is 14.6 Å². The molecule has 0 atom stereocenters. The molecule has 124 valence electrons. The predicted octanol–water partition coefficient (Wildman–Crippen LogP) is 2.97. The minimum Gasteiger partial charge on any atom is -0.493 e. The fourth-order valence-corrected chi connectivity index (χ4v) is 2.24. The Labute approximate surface area is 142 Å². The van der Waals surface area contributed by atoms with Gasteiger partial charge in [-0.3, -0.25) is 4.79 Å². The number of ether oxygens (including phenoxy) is 2. The summed E-state index contributed by atoms with van der Waals surface area (Å²) in [4.78, 5) is 22.2. The number of aliphatic carboxylic acids is 1. The van der Waals surface area contributed by atoms with Crippen LogP contribution in [0.1, 0.15) is 19.4 Å². The predicted molar refractivity (Wildman–Crippen MR) is 90.4 cm³/mol. The van der Waals surface area contributed by atoms with Crippen molar-refractivity contribution in [2.24, 2.45) is 0 Å². The van der Waals surface area contributed by atoms with Crippen LogP contribution in [0.25, 0.3) is 6.08 Å². The molecule has 0 aromatic heterocycles. The van der Waals surface area contributed by atoms with Crippen LogP contribution >= 0.6 is 15.9 Å². The molecule has 0 spiro atoms. The molecule has 0 saturated carbocycles. The smallest absolute Gasteiger partial charge is 0.352 e. The first-order valence-corrected chi connectivity index (χ1v) is 7.41. The molecule has 6 nitrogen and oxygen atoms in total. The molecular weight excluding hydrogens is 366 g/mol. The number of hydrogen-bond acceptors (Lipinski definition) is 4. The Bertz CT molecular complexity index is 667. The van der Waals surface area contributed by atoms with E-state index >= 15 is 0 Å². The Balaban J connectivity index is 3.23. The van der Waals surface area contributed by atoms with Crippen molar-refractivity contribution in [3.63, 3.8) is 0 Å². The molecule has 0 heterocycles. The first-order valence-electron chi connectivity index (χ1n) is 6.62. The lowest BCUT2D eigenvalue weighted by Gasteiger charge is -2.14. The lowest BCUT2D eigenvalue weighted by Crippen LogP contribution is -2.24. The second-order valence-corrected chi connectivity index (χ2v) is 5.68. The Morgan fingerprint density at radius 3 is 2.52 bits per heavy atom. The van der Waals surface area contributed by atoms with E-state index in [2.05, 4.69) is 27.8 Å². The molecule has 23 heavy (non-hydrogen) atoms. The van der Waals surface area contributed by atoms with Gasteiger partial charge in [-0.1, -0.05) is 6.58 Å². The number of halogens is 1. The summed E-state index contributed by atoms with van der Waals surface area (Å²) in [6.45, 7) is 7.17. The molecule has 0 radical (unpaired) electrons. The van der Waals surface area contributed by atoms with Crippen molar-refractivity contribution in [3.8, 4) is 11.5 Å². The van der Waals surface area contributed by atoms with Crippen LogP contribution in [-0.4, -0.2) is 30.7 Å². The number of carboxylic acids is 1. The van der Waals surface area contributed by atoms with Crippen LogP contribution in [0.3, 0.4) is 0 Å². The van der Waals surface area contributed by atoms with Crippen LogP contribution in [0.4, 0.5) is 0 Å². The van der Waals surface area contributed by atoms with E-state index in [1.54, 1.807) is 12.1 Å². The summed E-state index contributed by atoms with van der Waals surface area (Å²) in [6.07, 6.45) is 1.33. The van der Waals surface area contributed by atoms with Gasteiger partial charge < -0.3 is 19.9 Å². The molecule has 0 aliphatic heterocycles. The molecule has 0 fully saturated rings. The van der Waals surface area contributed by atoms with Crippen LogP contribution < -0.4 is 14.8 Å². The number of rotatable bonds is 7. The van der Waals surface area contributed by atoms with Crippen LogP contribution in [0.2, 0.25) is 0 Å². The average Bonchev–Trinajstić information content (AvgIpc) is 2.44. The highest BCUT2D eigenvalue weighted by Crippen LogP contribution is 2.37. The monoisotopic (exact) mass is 383 g/mol. The summed E-state index contributed by atoms with van der Waals surface area (Å²) in [5, 5.41) is 11.4. The van der Waals surface area contributed by atoms with Gasteiger partial charge in [0.1, 0.15) is 12.3 Å². The number of carboxylic acid groups (broad SMARTS) is 1. The molecule has 0 saturated heterocycles. The maximum atomic E-state index is 11.2. The molecule has 0 aliphatic carbocycles. The van der Waals surface area contributed by atoms with Gasteiger partial charge in [0, 0.05) is 6.92 Å². The fraction of sp³-hybridized carbons (Fsp3) is 0.250. The Hall–Kier alpha value is -2.28. The van der Waals surface area contributed by atoms with E-state index in [1.165, 1.54) is 20.1 Å². The third-order valence-electron chi connectivity index (χ3n) is 2.57. The molecule has 1 amide bonds. The van der Waals surface area contributed by atoms with Crippen molar-refractivity contribution in [3.05, 3.63) is 40.0 Å². The normalized spacial score (nSPS) is 10.9. The van der Waals surface area contributed by atoms with Crippen LogP contribution in [-0.2, 0) is 9.59 Å². The molecule has 1 aromatic carbocycles. The van der Waals surface area contributed by atoms with Gasteiger partial charge in [-0.05, 0) is 52.2 Å². The lowest BCUT2D eigenvalue weighted by atomic mass is 10.1. The molecule has 0 aliphatic rings.